The predicted octanol–water partition coefficient (Wildman–Crippen LogP) is 5.14. The number of thioether (sulfide) groups is 2. The topological polar surface area (TPSA) is 34.0 Å². The van der Waals surface area contributed by atoms with E-state index in [1.165, 1.54) is 37.2 Å². The van der Waals surface area contributed by atoms with Crippen LogP contribution in [0.2, 0.25) is 0 Å². The molecule has 1 aromatic heterocycles. The van der Waals surface area contributed by atoms with Gasteiger partial charge in [-0.2, -0.15) is 0 Å². The number of piperidine rings is 1. The molecule has 1 aliphatic heterocycles. The molecule has 0 radical (unpaired) electrons. The van der Waals surface area contributed by atoms with Crippen LogP contribution in [-0.4, -0.2) is 45.1 Å². The van der Waals surface area contributed by atoms with Gasteiger partial charge in [0, 0.05) is 22.9 Å². The van der Waals surface area contributed by atoms with E-state index in [4.69, 9.17) is 0 Å². The van der Waals surface area contributed by atoms with Gasteiger partial charge in [0.25, 0.3) is 0 Å². The molecule has 4 rings (SSSR count). The van der Waals surface area contributed by atoms with Crippen LogP contribution in [-0.2, 0) is 5.75 Å². The summed E-state index contributed by atoms with van der Waals surface area (Å²) in [5.74, 6) is 2.86. The van der Waals surface area contributed by atoms with Crippen LogP contribution in [0.3, 0.4) is 0 Å². The van der Waals surface area contributed by atoms with Crippen molar-refractivity contribution < 1.29 is 0 Å². The van der Waals surface area contributed by atoms with Gasteiger partial charge >= 0.3 is 0 Å². The summed E-state index contributed by atoms with van der Waals surface area (Å²) in [6.07, 6.45) is 4.06. The van der Waals surface area contributed by atoms with E-state index in [1.54, 1.807) is 11.8 Å². The maximum Gasteiger partial charge on any atom is 0.195 e. The van der Waals surface area contributed by atoms with E-state index in [0.717, 1.165) is 34.7 Å². The van der Waals surface area contributed by atoms with E-state index in [1.807, 2.05) is 17.8 Å². The van der Waals surface area contributed by atoms with Gasteiger partial charge in [0.05, 0.1) is 5.75 Å². The Morgan fingerprint density at radius 3 is 2.25 bits per heavy atom. The van der Waals surface area contributed by atoms with Crippen molar-refractivity contribution in [1.29, 1.82) is 0 Å². The van der Waals surface area contributed by atoms with Crippen LogP contribution in [0.5, 0.6) is 0 Å². The second-order valence-corrected chi connectivity index (χ2v) is 9.03. The zero-order valence-corrected chi connectivity index (χ0v) is 17.7. The molecule has 3 aromatic rings. The van der Waals surface area contributed by atoms with Gasteiger partial charge in [0.15, 0.2) is 5.16 Å². The highest BCUT2D eigenvalue weighted by atomic mass is 32.2. The standard InChI is InChI=1S/C22H26N4S2/c1-4-10-19(11-5-1)26-21(18-28-20-12-6-2-7-13-20)23-24-22(26)27-17-16-25-14-8-3-9-15-25/h1-2,4-7,10-13H,3,8-9,14-18H2. The molecule has 6 heteroatoms. The lowest BCUT2D eigenvalue weighted by atomic mass is 10.1. The maximum atomic E-state index is 4.53. The molecule has 0 aliphatic carbocycles. The van der Waals surface area contributed by atoms with Crippen LogP contribution in [0.4, 0.5) is 0 Å². The highest BCUT2D eigenvalue weighted by Crippen LogP contribution is 2.27. The molecule has 0 bridgehead atoms. The largest absolute Gasteiger partial charge is 0.303 e. The Hall–Kier alpha value is -1.76. The van der Waals surface area contributed by atoms with E-state index >= 15 is 0 Å². The summed E-state index contributed by atoms with van der Waals surface area (Å²) >= 11 is 3.62. The van der Waals surface area contributed by atoms with Gasteiger partial charge in [-0.25, -0.2) is 0 Å². The van der Waals surface area contributed by atoms with Crippen LogP contribution in [0.25, 0.3) is 5.69 Å². The van der Waals surface area contributed by atoms with Gasteiger partial charge in [-0.3, -0.25) is 4.57 Å². The molecule has 0 saturated carbocycles. The van der Waals surface area contributed by atoms with E-state index in [0.29, 0.717) is 0 Å². The van der Waals surface area contributed by atoms with Gasteiger partial charge in [0.1, 0.15) is 5.82 Å². The number of rotatable bonds is 8. The van der Waals surface area contributed by atoms with Crippen LogP contribution in [0.15, 0.2) is 70.7 Å². The van der Waals surface area contributed by atoms with Gasteiger partial charge in [0.2, 0.25) is 0 Å². The first-order chi connectivity index (χ1) is 13.9. The van der Waals surface area contributed by atoms with Crippen molar-refractivity contribution in [2.24, 2.45) is 0 Å². The zero-order chi connectivity index (χ0) is 19.0. The number of benzene rings is 2. The SMILES string of the molecule is c1ccc(SCc2nnc(SCCN3CCCCC3)n2-c2ccccc2)cc1. The first kappa shape index (κ1) is 19.6. The van der Waals surface area contributed by atoms with E-state index in [2.05, 4.69) is 74.3 Å². The average molecular weight is 411 g/mol. The Balaban J connectivity index is 1.46. The third-order valence-corrected chi connectivity index (χ3v) is 6.83. The molecule has 2 aromatic carbocycles. The predicted molar refractivity (Wildman–Crippen MR) is 118 cm³/mol. The third kappa shape index (κ3) is 5.19. The fourth-order valence-electron chi connectivity index (χ4n) is 3.44. The zero-order valence-electron chi connectivity index (χ0n) is 16.0. The molecule has 0 amide bonds. The normalized spacial score (nSPS) is 15.0. The molecule has 146 valence electrons. The highest BCUT2D eigenvalue weighted by molar-refractivity contribution is 7.99. The third-order valence-electron chi connectivity index (χ3n) is 4.91. The number of hydrogen-bond donors (Lipinski definition) is 0. The first-order valence-corrected chi connectivity index (χ1v) is 11.9. The van der Waals surface area contributed by atoms with Crippen molar-refractivity contribution in [1.82, 2.24) is 19.7 Å². The minimum absolute atomic E-state index is 0.804. The summed E-state index contributed by atoms with van der Waals surface area (Å²) in [7, 11) is 0. The Labute approximate surface area is 175 Å². The van der Waals surface area contributed by atoms with Crippen LogP contribution < -0.4 is 0 Å². The van der Waals surface area contributed by atoms with Crippen molar-refractivity contribution in [3.63, 3.8) is 0 Å². The molecule has 28 heavy (non-hydrogen) atoms. The number of hydrogen-bond acceptors (Lipinski definition) is 5. The number of aromatic nitrogens is 3. The molecule has 0 atom stereocenters. The number of para-hydroxylation sites is 1. The fourth-order valence-corrected chi connectivity index (χ4v) is 5.24. The Kier molecular flexibility index (Phi) is 7.08. The molecule has 0 spiro atoms. The van der Waals surface area contributed by atoms with Crippen LogP contribution in [0, 0.1) is 0 Å². The molecule has 0 N–H and O–H groups in total. The van der Waals surface area contributed by atoms with Crippen molar-refractivity contribution in [2.45, 2.75) is 35.1 Å². The molecule has 1 aliphatic rings. The molecule has 1 fully saturated rings. The minimum Gasteiger partial charge on any atom is -0.303 e. The summed E-state index contributed by atoms with van der Waals surface area (Å²) in [5.41, 5.74) is 1.14. The molecule has 2 heterocycles. The highest BCUT2D eigenvalue weighted by Gasteiger charge is 2.16. The lowest BCUT2D eigenvalue weighted by molar-refractivity contribution is 0.242. The first-order valence-electron chi connectivity index (χ1n) is 9.93. The fraction of sp³-hybridized carbons (Fsp3) is 0.364. The van der Waals surface area contributed by atoms with Crippen molar-refractivity contribution in [3.8, 4) is 5.69 Å². The Bertz CT molecular complexity index is 845. The Morgan fingerprint density at radius 1 is 0.786 bits per heavy atom. The lowest BCUT2D eigenvalue weighted by Crippen LogP contribution is -2.31. The Morgan fingerprint density at radius 2 is 1.50 bits per heavy atom. The van der Waals surface area contributed by atoms with Crippen molar-refractivity contribution >= 4 is 23.5 Å². The monoisotopic (exact) mass is 410 g/mol. The van der Waals surface area contributed by atoms with Gasteiger partial charge in [-0.05, 0) is 50.2 Å². The summed E-state index contributed by atoms with van der Waals surface area (Å²) in [4.78, 5) is 3.83. The van der Waals surface area contributed by atoms with E-state index < -0.39 is 0 Å². The molecular weight excluding hydrogens is 384 g/mol. The molecule has 4 nitrogen and oxygen atoms in total. The number of nitrogens with zero attached hydrogens (tertiary/aromatic N) is 4. The summed E-state index contributed by atoms with van der Waals surface area (Å²) in [5, 5.41) is 10.1. The summed E-state index contributed by atoms with van der Waals surface area (Å²) < 4.78 is 2.22. The second-order valence-electron chi connectivity index (χ2n) is 6.92. The van der Waals surface area contributed by atoms with Crippen LogP contribution in [0.1, 0.15) is 25.1 Å². The summed E-state index contributed by atoms with van der Waals surface area (Å²) in [6, 6.07) is 21.0. The quantitative estimate of drug-likeness (QED) is 0.481. The van der Waals surface area contributed by atoms with Gasteiger partial charge < -0.3 is 4.90 Å². The molecule has 0 unspecified atom stereocenters. The number of likely N-dealkylation sites (tertiary alicyclic amines) is 1. The second kappa shape index (κ2) is 10.1. The molecule has 1 saturated heterocycles. The minimum atomic E-state index is 0.804. The van der Waals surface area contributed by atoms with E-state index in [9.17, 15) is 0 Å². The summed E-state index contributed by atoms with van der Waals surface area (Å²) in [6.45, 7) is 3.61. The average Bonchev–Trinajstić information content (AvgIpc) is 3.17. The molecular formula is C22H26N4S2. The van der Waals surface area contributed by atoms with E-state index in [-0.39, 0.29) is 0 Å². The lowest BCUT2D eigenvalue weighted by Gasteiger charge is -2.25. The van der Waals surface area contributed by atoms with Gasteiger partial charge in [-0.15, -0.1) is 22.0 Å². The van der Waals surface area contributed by atoms with Crippen molar-refractivity contribution in [2.75, 3.05) is 25.4 Å². The van der Waals surface area contributed by atoms with Crippen molar-refractivity contribution in [3.05, 3.63) is 66.5 Å². The van der Waals surface area contributed by atoms with Crippen LogP contribution >= 0.6 is 23.5 Å². The smallest absolute Gasteiger partial charge is 0.195 e. The van der Waals surface area contributed by atoms with Gasteiger partial charge in [-0.1, -0.05) is 54.6 Å². The maximum absolute atomic E-state index is 4.53.